The molecule has 0 amide bonds. The Morgan fingerprint density at radius 2 is 1.65 bits per heavy atom. The van der Waals surface area contributed by atoms with E-state index in [9.17, 15) is 14.4 Å². The Balaban J connectivity index is 0.00000182. The minimum atomic E-state index is -0.0698. The van der Waals surface area contributed by atoms with Gasteiger partial charge in [0.25, 0.3) is 0 Å². The van der Waals surface area contributed by atoms with Gasteiger partial charge in [0, 0.05) is 17.9 Å². The molecule has 0 fully saturated rings. The molecule has 0 bridgehead atoms. The summed E-state index contributed by atoms with van der Waals surface area (Å²) in [6.07, 6.45) is 9.56. The number of rotatable bonds is 12. The summed E-state index contributed by atoms with van der Waals surface area (Å²) in [4.78, 5) is 37.6. The highest BCUT2D eigenvalue weighted by atomic mass is 16.1. The fourth-order valence-corrected chi connectivity index (χ4v) is 5.80. The van der Waals surface area contributed by atoms with Gasteiger partial charge in [-0.15, -0.1) is 0 Å². The summed E-state index contributed by atoms with van der Waals surface area (Å²) in [5.41, 5.74) is 6.10. The number of benzene rings is 1. The summed E-state index contributed by atoms with van der Waals surface area (Å²) in [5, 5.41) is 0. The molecule has 0 saturated heterocycles. The second kappa shape index (κ2) is 15.3. The molecule has 0 aromatic heterocycles. The van der Waals surface area contributed by atoms with Crippen LogP contribution in [0.3, 0.4) is 0 Å². The van der Waals surface area contributed by atoms with Gasteiger partial charge < -0.3 is 0 Å². The summed E-state index contributed by atoms with van der Waals surface area (Å²) in [6.45, 7) is 16.4. The van der Waals surface area contributed by atoms with Crippen molar-refractivity contribution in [2.45, 2.75) is 126 Å². The third kappa shape index (κ3) is 8.17. The standard InChI is InChI=1S/C28H42O3.C3H8/c1-7-11-22(24(10-4)26(30)13-18(5)29)14-20-15-25-23(12-8-2)17-21(9-3)19(6)28(25)27(31)16-20;1-3-2/h17,20,22,24H,7-16H2,1-6H3;3H2,1-2H3. The summed E-state index contributed by atoms with van der Waals surface area (Å²) < 4.78 is 0. The van der Waals surface area contributed by atoms with E-state index in [1.165, 1.54) is 35.6 Å². The summed E-state index contributed by atoms with van der Waals surface area (Å²) >= 11 is 0. The lowest BCUT2D eigenvalue weighted by atomic mass is 9.70. The van der Waals surface area contributed by atoms with Gasteiger partial charge in [0.2, 0.25) is 0 Å². The lowest BCUT2D eigenvalue weighted by Gasteiger charge is -2.33. The molecule has 3 unspecified atom stereocenters. The van der Waals surface area contributed by atoms with Crippen LogP contribution < -0.4 is 0 Å². The van der Waals surface area contributed by atoms with Crippen LogP contribution in [0, 0.1) is 24.7 Å². The minimum Gasteiger partial charge on any atom is -0.300 e. The van der Waals surface area contributed by atoms with Crippen molar-refractivity contribution in [3.05, 3.63) is 33.9 Å². The second-order valence-electron chi connectivity index (χ2n) is 10.3. The fourth-order valence-electron chi connectivity index (χ4n) is 5.80. The molecule has 0 saturated carbocycles. The van der Waals surface area contributed by atoms with E-state index in [0.29, 0.717) is 12.3 Å². The van der Waals surface area contributed by atoms with Crippen LogP contribution in [0.4, 0.5) is 0 Å². The highest BCUT2D eigenvalue weighted by Gasteiger charge is 2.34. The van der Waals surface area contributed by atoms with Crippen molar-refractivity contribution in [3.8, 4) is 0 Å². The molecule has 1 aromatic rings. The molecule has 3 atom stereocenters. The van der Waals surface area contributed by atoms with Crippen LogP contribution in [-0.2, 0) is 28.9 Å². The van der Waals surface area contributed by atoms with Gasteiger partial charge in [0.05, 0.1) is 6.42 Å². The number of fused-ring (bicyclic) bond motifs is 1. The lowest BCUT2D eigenvalue weighted by molar-refractivity contribution is -0.129. The summed E-state index contributed by atoms with van der Waals surface area (Å²) in [5.74, 6) is 0.803. The topological polar surface area (TPSA) is 51.2 Å². The monoisotopic (exact) mass is 470 g/mol. The Kier molecular flexibility index (Phi) is 13.6. The molecular weight excluding hydrogens is 420 g/mol. The first-order valence-corrected chi connectivity index (χ1v) is 13.9. The van der Waals surface area contributed by atoms with Gasteiger partial charge in [-0.05, 0) is 80.0 Å². The van der Waals surface area contributed by atoms with Crippen molar-refractivity contribution < 1.29 is 14.4 Å². The summed E-state index contributed by atoms with van der Waals surface area (Å²) in [7, 11) is 0. The number of carbonyl (C=O) groups excluding carboxylic acids is 3. The van der Waals surface area contributed by atoms with Crippen LogP contribution >= 0.6 is 0 Å². The van der Waals surface area contributed by atoms with Crippen LogP contribution in [0.1, 0.15) is 132 Å². The number of carbonyl (C=O) groups is 3. The molecule has 0 heterocycles. The molecule has 1 aromatic carbocycles. The molecule has 0 radical (unpaired) electrons. The van der Waals surface area contributed by atoms with Crippen LogP contribution in [0.2, 0.25) is 0 Å². The van der Waals surface area contributed by atoms with Gasteiger partial charge in [-0.25, -0.2) is 0 Å². The van der Waals surface area contributed by atoms with E-state index in [0.717, 1.165) is 56.9 Å². The van der Waals surface area contributed by atoms with Crippen LogP contribution in [-0.4, -0.2) is 17.3 Å². The Labute approximate surface area is 209 Å². The third-order valence-corrected chi connectivity index (χ3v) is 7.18. The average Bonchev–Trinajstić information content (AvgIpc) is 2.76. The first kappa shape index (κ1) is 30.3. The van der Waals surface area contributed by atoms with Crippen LogP contribution in [0.5, 0.6) is 0 Å². The smallest absolute Gasteiger partial charge is 0.163 e. The number of Topliss-reactive ketones (excluding diaryl/α,β-unsaturated/α-hetero) is 3. The average molecular weight is 471 g/mol. The normalized spacial score (nSPS) is 16.8. The van der Waals surface area contributed by atoms with Crippen molar-refractivity contribution in [2.24, 2.45) is 17.8 Å². The molecule has 2 rings (SSSR count). The maximum absolute atomic E-state index is 13.3. The van der Waals surface area contributed by atoms with E-state index < -0.39 is 0 Å². The first-order chi connectivity index (χ1) is 16.2. The summed E-state index contributed by atoms with van der Waals surface area (Å²) in [6, 6.07) is 2.34. The highest BCUT2D eigenvalue weighted by Crippen LogP contribution is 2.38. The van der Waals surface area contributed by atoms with Crippen LogP contribution in [0.25, 0.3) is 0 Å². The van der Waals surface area contributed by atoms with Gasteiger partial charge in [0.1, 0.15) is 11.6 Å². The number of hydrogen-bond acceptors (Lipinski definition) is 3. The lowest BCUT2D eigenvalue weighted by Crippen LogP contribution is -2.30. The molecule has 0 N–H and O–H groups in total. The zero-order valence-corrected chi connectivity index (χ0v) is 23.3. The van der Waals surface area contributed by atoms with E-state index in [4.69, 9.17) is 0 Å². The van der Waals surface area contributed by atoms with Crippen molar-refractivity contribution >= 4 is 17.3 Å². The Morgan fingerprint density at radius 3 is 2.15 bits per heavy atom. The van der Waals surface area contributed by atoms with Gasteiger partial charge >= 0.3 is 0 Å². The maximum atomic E-state index is 13.3. The Morgan fingerprint density at radius 1 is 1.00 bits per heavy atom. The maximum Gasteiger partial charge on any atom is 0.163 e. The molecule has 3 heteroatoms. The van der Waals surface area contributed by atoms with Gasteiger partial charge in [-0.1, -0.05) is 73.3 Å². The van der Waals surface area contributed by atoms with E-state index in [1.54, 1.807) is 0 Å². The van der Waals surface area contributed by atoms with E-state index in [-0.39, 0.29) is 35.6 Å². The zero-order valence-electron chi connectivity index (χ0n) is 23.3. The molecule has 1 aliphatic rings. The second-order valence-corrected chi connectivity index (χ2v) is 10.3. The predicted molar refractivity (Wildman–Crippen MR) is 144 cm³/mol. The Hall–Kier alpha value is -1.77. The first-order valence-electron chi connectivity index (χ1n) is 13.9. The minimum absolute atomic E-state index is 0.0464. The molecule has 192 valence electrons. The highest BCUT2D eigenvalue weighted by molar-refractivity contribution is 6.01. The zero-order chi connectivity index (χ0) is 25.8. The molecule has 3 nitrogen and oxygen atoms in total. The largest absolute Gasteiger partial charge is 0.300 e. The molecule has 1 aliphatic carbocycles. The van der Waals surface area contributed by atoms with E-state index >= 15 is 0 Å². The van der Waals surface area contributed by atoms with Gasteiger partial charge in [-0.2, -0.15) is 0 Å². The molecule has 0 spiro atoms. The number of aryl methyl sites for hydroxylation is 2. The van der Waals surface area contributed by atoms with Crippen LogP contribution in [0.15, 0.2) is 6.07 Å². The third-order valence-electron chi connectivity index (χ3n) is 7.18. The predicted octanol–water partition coefficient (Wildman–Crippen LogP) is 8.05. The Bertz CT molecular complexity index is 820. The van der Waals surface area contributed by atoms with Crippen molar-refractivity contribution in [1.29, 1.82) is 0 Å². The van der Waals surface area contributed by atoms with Gasteiger partial charge in [-0.3, -0.25) is 14.4 Å². The van der Waals surface area contributed by atoms with E-state index in [2.05, 4.69) is 54.5 Å². The van der Waals surface area contributed by atoms with Crippen molar-refractivity contribution in [2.75, 3.05) is 0 Å². The van der Waals surface area contributed by atoms with E-state index in [1.807, 2.05) is 0 Å². The molecule has 0 aliphatic heterocycles. The quantitative estimate of drug-likeness (QED) is 0.290. The number of ketones is 3. The van der Waals surface area contributed by atoms with Crippen molar-refractivity contribution in [3.63, 3.8) is 0 Å². The molecular formula is C31H50O3. The van der Waals surface area contributed by atoms with Crippen molar-refractivity contribution in [1.82, 2.24) is 0 Å². The van der Waals surface area contributed by atoms with Gasteiger partial charge in [0.15, 0.2) is 5.78 Å². The SMILES string of the molecule is CCC.CCCc1cc(CC)c(C)c2c1CC(CC(CCC)C(CC)C(=O)CC(C)=O)CC2=O. The fraction of sp³-hybridized carbons (Fsp3) is 0.710. The number of hydrogen-bond donors (Lipinski definition) is 0. The molecule has 34 heavy (non-hydrogen) atoms.